The van der Waals surface area contributed by atoms with Gasteiger partial charge >= 0.3 is 11.9 Å². The lowest BCUT2D eigenvalue weighted by molar-refractivity contribution is -0.870. The lowest BCUT2D eigenvalue weighted by Gasteiger charge is -2.28. The van der Waals surface area contributed by atoms with Crippen LogP contribution in [0.3, 0.4) is 0 Å². The first kappa shape index (κ1) is 56.6. The molecule has 62 heavy (non-hydrogen) atoms. The number of phosphoric ester groups is 1. The first-order valence-electron chi connectivity index (χ1n) is 23.0. The van der Waals surface area contributed by atoms with Crippen LogP contribution in [0, 0.1) is 11.8 Å². The molecule has 0 aromatic heterocycles. The summed E-state index contributed by atoms with van der Waals surface area (Å²) in [5.74, 6) is -1.26. The molecule has 0 aromatic rings. The monoisotopic (exact) mass is 886 g/mol. The fraction of sp³-hybridized carbons (Fsp3) is 0.620. The van der Waals surface area contributed by atoms with E-state index in [-0.39, 0.29) is 43.7 Å². The summed E-state index contributed by atoms with van der Waals surface area (Å²) in [5.41, 5.74) is 0. The Kier molecular flexibility index (Phi) is 32.8. The van der Waals surface area contributed by atoms with Crippen LogP contribution in [0.5, 0.6) is 0 Å². The van der Waals surface area contributed by atoms with Crippen LogP contribution < -0.4 is 4.89 Å². The van der Waals surface area contributed by atoms with E-state index in [1.807, 2.05) is 45.4 Å². The summed E-state index contributed by atoms with van der Waals surface area (Å²) in [7, 11) is 1.01. The number of aliphatic hydroxyl groups is 1. The second-order valence-corrected chi connectivity index (χ2v) is 18.1. The highest BCUT2D eigenvalue weighted by Gasteiger charge is 2.27. The Bertz CT molecular complexity index is 1520. The normalized spacial score (nSPS) is 18.2. The Hall–Kier alpha value is -3.44. The standard InChI is InChI=1S/C50H80NO10P/c1-6-8-10-11-12-13-14-15-16-17-18-19-20-21-22-23-24-25-31-35-50(55)61-46(43-60-62(56,57)59-41-40-51(3,4)5)42-58-49(54)34-30-27-26-29-32-44-36-39-48(53)47(44)38-37-45(52)33-28-9-7-2/h8,10,12-13,15-16,18-19,21-22,26,29,36-39,44-47,52H,6-7,9,11,14,17,20,23-25,27-28,30-35,40-43H2,1-5H3/b10-8-,13-12-,16-15-,19-18-,22-21-,29-26-,38-37+/t44-,45-,46+,47+/m0/s1. The number of carbonyl (C=O) groups excluding carboxylic acids is 3. The number of quaternary nitrogens is 1. The number of likely N-dealkylation sites (N-methyl/N-ethyl adjacent to an activating group) is 1. The highest BCUT2D eigenvalue weighted by molar-refractivity contribution is 7.45. The van der Waals surface area contributed by atoms with Crippen molar-refractivity contribution in [3.8, 4) is 0 Å². The molecule has 1 rings (SSSR count). The van der Waals surface area contributed by atoms with E-state index in [1.54, 1.807) is 12.2 Å². The maximum atomic E-state index is 12.7. The first-order valence-corrected chi connectivity index (χ1v) is 24.5. The van der Waals surface area contributed by atoms with E-state index in [2.05, 4.69) is 74.6 Å². The predicted octanol–water partition coefficient (Wildman–Crippen LogP) is 10.3. The third kappa shape index (κ3) is 33.2. The van der Waals surface area contributed by atoms with Gasteiger partial charge < -0.3 is 33.0 Å². The molecule has 5 atom stereocenters. The largest absolute Gasteiger partial charge is 0.756 e. The Morgan fingerprint density at radius 3 is 2.03 bits per heavy atom. The Morgan fingerprint density at radius 1 is 0.774 bits per heavy atom. The number of ketones is 1. The maximum absolute atomic E-state index is 12.7. The molecule has 12 heteroatoms. The number of aliphatic hydroxyl groups excluding tert-OH is 1. The first-order chi connectivity index (χ1) is 29.8. The smallest absolute Gasteiger partial charge is 0.306 e. The van der Waals surface area contributed by atoms with E-state index in [9.17, 15) is 28.9 Å². The van der Waals surface area contributed by atoms with Crippen LogP contribution in [0.4, 0.5) is 0 Å². The summed E-state index contributed by atoms with van der Waals surface area (Å²) in [4.78, 5) is 50.2. The molecule has 1 aliphatic rings. The Balaban J connectivity index is 2.47. The lowest BCUT2D eigenvalue weighted by atomic mass is 9.90. The van der Waals surface area contributed by atoms with Crippen molar-refractivity contribution in [2.75, 3.05) is 47.5 Å². The molecule has 0 amide bonds. The fourth-order valence-electron chi connectivity index (χ4n) is 6.14. The molecule has 0 bridgehead atoms. The molecule has 1 aliphatic carbocycles. The van der Waals surface area contributed by atoms with Gasteiger partial charge in [-0.25, -0.2) is 0 Å². The number of hydrogen-bond donors (Lipinski definition) is 1. The number of esters is 2. The molecule has 0 heterocycles. The van der Waals surface area contributed by atoms with Gasteiger partial charge in [-0.2, -0.15) is 0 Å². The molecule has 0 aliphatic heterocycles. The quantitative estimate of drug-likeness (QED) is 0.0210. The number of allylic oxidation sites excluding steroid dienone is 15. The van der Waals surface area contributed by atoms with Crippen molar-refractivity contribution >= 4 is 25.5 Å². The van der Waals surface area contributed by atoms with E-state index in [1.165, 1.54) is 0 Å². The van der Waals surface area contributed by atoms with Crippen LogP contribution in [0.25, 0.3) is 0 Å². The third-order valence-corrected chi connectivity index (χ3v) is 10.8. The number of phosphoric acid groups is 1. The third-order valence-electron chi connectivity index (χ3n) is 9.84. The highest BCUT2D eigenvalue weighted by atomic mass is 31.2. The molecular weight excluding hydrogens is 806 g/mol. The highest BCUT2D eigenvalue weighted by Crippen LogP contribution is 2.38. The van der Waals surface area contributed by atoms with Crippen LogP contribution in [0.1, 0.15) is 129 Å². The van der Waals surface area contributed by atoms with Crippen molar-refractivity contribution in [3.05, 3.63) is 97.2 Å². The lowest BCUT2D eigenvalue weighted by Crippen LogP contribution is -2.37. The second-order valence-electron chi connectivity index (χ2n) is 16.7. The molecule has 1 N–H and O–H groups in total. The van der Waals surface area contributed by atoms with E-state index in [0.717, 1.165) is 70.6 Å². The van der Waals surface area contributed by atoms with Gasteiger partial charge in [-0.1, -0.05) is 131 Å². The van der Waals surface area contributed by atoms with Crippen molar-refractivity contribution in [3.63, 3.8) is 0 Å². The number of ether oxygens (including phenoxy) is 2. The summed E-state index contributed by atoms with van der Waals surface area (Å²) in [6.07, 6.45) is 44.9. The van der Waals surface area contributed by atoms with Gasteiger partial charge in [0, 0.05) is 18.8 Å². The Morgan fingerprint density at radius 2 is 1.39 bits per heavy atom. The van der Waals surface area contributed by atoms with Crippen LogP contribution in [-0.2, 0) is 37.5 Å². The number of hydrogen-bond acceptors (Lipinski definition) is 10. The summed E-state index contributed by atoms with van der Waals surface area (Å²) in [6, 6.07) is 0. The predicted molar refractivity (Wildman–Crippen MR) is 249 cm³/mol. The average molecular weight is 886 g/mol. The van der Waals surface area contributed by atoms with E-state index in [0.29, 0.717) is 43.1 Å². The van der Waals surface area contributed by atoms with Crippen molar-refractivity contribution < 1.29 is 52.0 Å². The van der Waals surface area contributed by atoms with Crippen LogP contribution in [0.15, 0.2) is 97.2 Å². The SMILES string of the molecule is CC/C=C\C/C=C\C/C=C\C/C=C\C/C=C\CCCCCC(=O)O[C@H](COC(=O)CCC/C=C\C[C@H]1C=CC(=O)[C@@H]1/C=C/[C@@H](O)CCCCC)COP(=O)([O-])OCC[N+](C)(C)C. The van der Waals surface area contributed by atoms with Gasteiger partial charge in [0.25, 0.3) is 7.82 Å². The van der Waals surface area contributed by atoms with Gasteiger partial charge in [0.1, 0.15) is 19.8 Å². The van der Waals surface area contributed by atoms with Gasteiger partial charge in [-0.15, -0.1) is 0 Å². The molecule has 0 spiro atoms. The molecular formula is C50H80NO10P. The molecule has 1 unspecified atom stereocenters. The van der Waals surface area contributed by atoms with Gasteiger partial charge in [-0.3, -0.25) is 18.9 Å². The number of carbonyl (C=O) groups is 3. The van der Waals surface area contributed by atoms with Crippen LogP contribution in [0.2, 0.25) is 0 Å². The molecule has 350 valence electrons. The summed E-state index contributed by atoms with van der Waals surface area (Å²) < 4.78 is 33.8. The maximum Gasteiger partial charge on any atom is 0.306 e. The molecule has 0 radical (unpaired) electrons. The number of unbranched alkanes of at least 4 members (excludes halogenated alkanes) is 6. The van der Waals surface area contributed by atoms with Crippen LogP contribution in [-0.4, -0.2) is 87.0 Å². The van der Waals surface area contributed by atoms with E-state index in [4.69, 9.17) is 18.5 Å². The second kappa shape index (κ2) is 36.0. The fourth-order valence-corrected chi connectivity index (χ4v) is 6.87. The number of nitrogens with zero attached hydrogens (tertiary/aromatic N) is 1. The summed E-state index contributed by atoms with van der Waals surface area (Å²) in [5, 5.41) is 10.2. The van der Waals surface area contributed by atoms with Crippen LogP contribution >= 0.6 is 7.82 Å². The van der Waals surface area contributed by atoms with Crippen molar-refractivity contribution in [2.45, 2.75) is 142 Å². The zero-order valence-corrected chi connectivity index (χ0v) is 39.5. The van der Waals surface area contributed by atoms with Gasteiger partial charge in [0.05, 0.1) is 33.9 Å². The minimum atomic E-state index is -4.69. The van der Waals surface area contributed by atoms with Gasteiger partial charge in [-0.05, 0) is 89.0 Å². The topological polar surface area (TPSA) is 148 Å². The number of rotatable bonds is 37. The Labute approximate surface area is 374 Å². The summed E-state index contributed by atoms with van der Waals surface area (Å²) >= 11 is 0. The zero-order valence-electron chi connectivity index (χ0n) is 38.6. The minimum Gasteiger partial charge on any atom is -0.756 e. The van der Waals surface area contributed by atoms with Crippen molar-refractivity contribution in [1.82, 2.24) is 0 Å². The minimum absolute atomic E-state index is 0.0201. The van der Waals surface area contributed by atoms with E-state index < -0.39 is 38.6 Å². The van der Waals surface area contributed by atoms with Crippen molar-refractivity contribution in [1.29, 1.82) is 0 Å². The average Bonchev–Trinajstić information content (AvgIpc) is 3.57. The molecule has 0 saturated heterocycles. The molecule has 0 aromatic carbocycles. The molecule has 0 fully saturated rings. The zero-order chi connectivity index (χ0) is 45.7. The van der Waals surface area contributed by atoms with Crippen molar-refractivity contribution in [2.24, 2.45) is 11.8 Å². The van der Waals surface area contributed by atoms with E-state index >= 15 is 0 Å². The molecule has 11 nitrogen and oxygen atoms in total. The van der Waals surface area contributed by atoms with Gasteiger partial charge in [0.2, 0.25) is 0 Å². The van der Waals surface area contributed by atoms with Gasteiger partial charge in [0.15, 0.2) is 11.9 Å². The molecule has 0 saturated carbocycles. The summed E-state index contributed by atoms with van der Waals surface area (Å²) in [6.45, 7) is 3.72.